The van der Waals surface area contributed by atoms with Gasteiger partial charge in [-0.1, -0.05) is 17.7 Å². The van der Waals surface area contributed by atoms with Gasteiger partial charge in [-0.05, 0) is 32.9 Å². The van der Waals surface area contributed by atoms with Crippen LogP contribution in [0.1, 0.15) is 25.8 Å². The topological polar surface area (TPSA) is 110 Å². The van der Waals surface area contributed by atoms with Crippen LogP contribution >= 0.6 is 0 Å². The quantitative estimate of drug-likeness (QED) is 0.813. The molecule has 23 heavy (non-hydrogen) atoms. The molecule has 1 aromatic carbocycles. The highest BCUT2D eigenvalue weighted by atomic mass is 32.2. The van der Waals surface area contributed by atoms with E-state index in [0.29, 0.717) is 0 Å². The minimum Gasteiger partial charge on any atom is -0.370 e. The number of nitrogens with two attached hydrogens (primary N) is 1. The number of aryl methyl sites for hydroxylation is 1. The Balaban J connectivity index is 2.47. The molecule has 3 N–H and O–H groups in total. The second-order valence-electron chi connectivity index (χ2n) is 6.42. The van der Waals surface area contributed by atoms with Crippen LogP contribution in [0.5, 0.6) is 0 Å². The molecule has 0 bridgehead atoms. The van der Waals surface area contributed by atoms with Gasteiger partial charge in [0.2, 0.25) is 21.8 Å². The fourth-order valence-electron chi connectivity index (χ4n) is 2.57. The summed E-state index contributed by atoms with van der Waals surface area (Å²) in [4.78, 5) is 23.6. The Morgan fingerprint density at radius 1 is 1.35 bits per heavy atom. The Morgan fingerprint density at radius 3 is 2.43 bits per heavy atom. The van der Waals surface area contributed by atoms with Gasteiger partial charge < -0.3 is 11.1 Å². The van der Waals surface area contributed by atoms with Gasteiger partial charge in [0.15, 0.2) is 0 Å². The normalized spacial score (nSPS) is 21.7. The second-order valence-corrected chi connectivity index (χ2v) is 8.31. The Labute approximate surface area is 135 Å². The molecule has 0 unspecified atom stereocenters. The summed E-state index contributed by atoms with van der Waals surface area (Å²) >= 11 is 0. The lowest BCUT2D eigenvalue weighted by molar-refractivity contribution is -0.133. The van der Waals surface area contributed by atoms with E-state index >= 15 is 0 Å². The number of sulfonamides is 1. The number of amides is 2. The number of rotatable bonds is 4. The molecule has 1 aliphatic heterocycles. The van der Waals surface area contributed by atoms with Crippen molar-refractivity contribution in [2.75, 3.05) is 6.54 Å². The lowest BCUT2D eigenvalue weighted by Crippen LogP contribution is -2.66. The third-order valence-corrected chi connectivity index (χ3v) is 5.55. The minimum absolute atomic E-state index is 0.0624. The first-order chi connectivity index (χ1) is 10.5. The van der Waals surface area contributed by atoms with Crippen molar-refractivity contribution in [2.45, 2.75) is 43.7 Å². The SMILES string of the molecule is Cc1ccc(S(=O)(=O)N2CC(C)(C)NC(=O)[C@H]2CC(N)=O)cc1. The number of hydrogen-bond donors (Lipinski definition) is 2. The molecule has 1 heterocycles. The summed E-state index contributed by atoms with van der Waals surface area (Å²) in [7, 11) is -3.91. The van der Waals surface area contributed by atoms with Crippen molar-refractivity contribution in [2.24, 2.45) is 5.73 Å². The molecule has 1 fully saturated rings. The van der Waals surface area contributed by atoms with Crippen LogP contribution in [0.2, 0.25) is 0 Å². The highest BCUT2D eigenvalue weighted by Gasteiger charge is 2.45. The smallest absolute Gasteiger partial charge is 0.243 e. The molecule has 126 valence electrons. The summed E-state index contributed by atoms with van der Waals surface area (Å²) in [5.41, 5.74) is 5.37. The van der Waals surface area contributed by atoms with Gasteiger partial charge in [0.1, 0.15) is 6.04 Å². The predicted molar refractivity (Wildman–Crippen MR) is 84.9 cm³/mol. The molecule has 1 aromatic rings. The molecule has 0 saturated carbocycles. The molecule has 1 saturated heterocycles. The van der Waals surface area contributed by atoms with E-state index in [-0.39, 0.29) is 17.9 Å². The number of nitrogens with zero attached hydrogens (tertiary/aromatic N) is 1. The van der Waals surface area contributed by atoms with E-state index in [1.807, 2.05) is 6.92 Å². The Hall–Kier alpha value is -1.93. The van der Waals surface area contributed by atoms with E-state index in [0.717, 1.165) is 9.87 Å². The van der Waals surface area contributed by atoms with Crippen molar-refractivity contribution >= 4 is 21.8 Å². The van der Waals surface area contributed by atoms with E-state index in [4.69, 9.17) is 5.73 Å². The molecular formula is C15H21N3O4S. The van der Waals surface area contributed by atoms with Crippen molar-refractivity contribution < 1.29 is 18.0 Å². The van der Waals surface area contributed by atoms with Gasteiger partial charge >= 0.3 is 0 Å². The van der Waals surface area contributed by atoms with Crippen molar-refractivity contribution in [3.05, 3.63) is 29.8 Å². The van der Waals surface area contributed by atoms with Crippen LogP contribution in [0.3, 0.4) is 0 Å². The van der Waals surface area contributed by atoms with Gasteiger partial charge in [0.25, 0.3) is 0 Å². The zero-order valence-corrected chi connectivity index (χ0v) is 14.2. The first-order valence-electron chi connectivity index (χ1n) is 7.22. The van der Waals surface area contributed by atoms with Crippen LogP contribution in [0.4, 0.5) is 0 Å². The number of carbonyl (C=O) groups is 2. The second kappa shape index (κ2) is 5.93. The summed E-state index contributed by atoms with van der Waals surface area (Å²) in [6.07, 6.45) is -0.354. The molecule has 2 amide bonds. The fraction of sp³-hybridized carbons (Fsp3) is 0.467. The first-order valence-corrected chi connectivity index (χ1v) is 8.66. The van der Waals surface area contributed by atoms with Crippen LogP contribution in [-0.4, -0.2) is 42.7 Å². The van der Waals surface area contributed by atoms with E-state index < -0.39 is 33.4 Å². The molecule has 1 aliphatic rings. The lowest BCUT2D eigenvalue weighted by atomic mass is 9.99. The number of piperazine rings is 1. The first kappa shape index (κ1) is 17.4. The fourth-order valence-corrected chi connectivity index (χ4v) is 4.32. The minimum atomic E-state index is -3.91. The Morgan fingerprint density at radius 2 is 1.91 bits per heavy atom. The third-order valence-electron chi connectivity index (χ3n) is 3.69. The number of carbonyl (C=O) groups excluding carboxylic acids is 2. The molecular weight excluding hydrogens is 318 g/mol. The molecule has 0 aliphatic carbocycles. The van der Waals surface area contributed by atoms with Crippen LogP contribution < -0.4 is 11.1 Å². The lowest BCUT2D eigenvalue weighted by Gasteiger charge is -2.42. The largest absolute Gasteiger partial charge is 0.370 e. The molecule has 2 rings (SSSR count). The number of nitrogens with one attached hydrogen (secondary N) is 1. The highest BCUT2D eigenvalue weighted by Crippen LogP contribution is 2.26. The third kappa shape index (κ3) is 3.70. The van der Waals surface area contributed by atoms with Crippen molar-refractivity contribution in [1.82, 2.24) is 9.62 Å². The summed E-state index contributed by atoms with van der Waals surface area (Å²) < 4.78 is 26.9. The van der Waals surface area contributed by atoms with Gasteiger partial charge in [0.05, 0.1) is 11.3 Å². The van der Waals surface area contributed by atoms with E-state index in [2.05, 4.69) is 5.32 Å². The molecule has 0 aromatic heterocycles. The maximum absolute atomic E-state index is 12.9. The van der Waals surface area contributed by atoms with E-state index in [9.17, 15) is 18.0 Å². The summed E-state index contributed by atoms with van der Waals surface area (Å²) in [5.74, 6) is -1.25. The van der Waals surface area contributed by atoms with E-state index in [1.165, 1.54) is 12.1 Å². The van der Waals surface area contributed by atoms with Crippen LogP contribution in [0, 0.1) is 6.92 Å². The van der Waals surface area contributed by atoms with Crippen LogP contribution in [0.25, 0.3) is 0 Å². The average Bonchev–Trinajstić information content (AvgIpc) is 2.41. The molecule has 0 radical (unpaired) electrons. The predicted octanol–water partition coefficient (Wildman–Crippen LogP) is 0.138. The summed E-state index contributed by atoms with van der Waals surface area (Å²) in [6.45, 7) is 5.36. The molecule has 8 heteroatoms. The molecule has 0 spiro atoms. The van der Waals surface area contributed by atoms with Crippen LogP contribution in [-0.2, 0) is 19.6 Å². The average molecular weight is 339 g/mol. The van der Waals surface area contributed by atoms with Crippen molar-refractivity contribution in [1.29, 1.82) is 0 Å². The van der Waals surface area contributed by atoms with E-state index in [1.54, 1.807) is 26.0 Å². The maximum atomic E-state index is 12.9. The van der Waals surface area contributed by atoms with Gasteiger partial charge in [0, 0.05) is 12.1 Å². The Kier molecular flexibility index (Phi) is 4.50. The van der Waals surface area contributed by atoms with Gasteiger partial charge in [-0.2, -0.15) is 4.31 Å². The summed E-state index contributed by atoms with van der Waals surface area (Å²) in [6, 6.07) is 5.22. The number of primary amides is 1. The molecule has 7 nitrogen and oxygen atoms in total. The monoisotopic (exact) mass is 339 g/mol. The summed E-state index contributed by atoms with van der Waals surface area (Å²) in [5, 5.41) is 2.72. The van der Waals surface area contributed by atoms with Gasteiger partial charge in [-0.25, -0.2) is 8.42 Å². The zero-order chi connectivity index (χ0) is 17.4. The van der Waals surface area contributed by atoms with Gasteiger partial charge in [-0.15, -0.1) is 0 Å². The number of hydrogen-bond acceptors (Lipinski definition) is 4. The molecule has 1 atom stereocenters. The van der Waals surface area contributed by atoms with Crippen molar-refractivity contribution in [3.63, 3.8) is 0 Å². The zero-order valence-electron chi connectivity index (χ0n) is 13.4. The van der Waals surface area contributed by atoms with Crippen molar-refractivity contribution in [3.8, 4) is 0 Å². The standard InChI is InChI=1S/C15H21N3O4S/c1-10-4-6-11(7-5-10)23(21,22)18-9-15(2,3)17-14(20)12(18)8-13(16)19/h4-7,12H,8-9H2,1-3H3,(H2,16,19)(H,17,20)/t12-/m1/s1. The van der Waals surface area contributed by atoms with Crippen LogP contribution in [0.15, 0.2) is 29.2 Å². The maximum Gasteiger partial charge on any atom is 0.243 e. The number of benzene rings is 1. The van der Waals surface area contributed by atoms with Gasteiger partial charge in [-0.3, -0.25) is 9.59 Å². The highest BCUT2D eigenvalue weighted by molar-refractivity contribution is 7.89. The Bertz CT molecular complexity index is 726.